The molecule has 0 saturated carbocycles. The van der Waals surface area contributed by atoms with E-state index in [1.165, 1.54) is 0 Å². The fraction of sp³-hybridized carbons (Fsp3) is 0.917. The summed E-state index contributed by atoms with van der Waals surface area (Å²) in [5.74, 6) is -76.5. The van der Waals surface area contributed by atoms with Gasteiger partial charge in [0.15, 0.2) is 0 Å². The first-order chi connectivity index (χ1) is 13.8. The fourth-order valence-electron chi connectivity index (χ4n) is 1.75. The second-order valence-corrected chi connectivity index (χ2v) is 6.00. The summed E-state index contributed by atoms with van der Waals surface area (Å²) < 4.78 is 271. The van der Waals surface area contributed by atoms with Crippen LogP contribution in [0.5, 0.6) is 0 Å². The van der Waals surface area contributed by atoms with E-state index in [0.717, 1.165) is 0 Å². The van der Waals surface area contributed by atoms with E-state index in [0.29, 0.717) is 0 Å². The largest absolute Gasteiger partial charge is 0.460 e. The van der Waals surface area contributed by atoms with Crippen molar-refractivity contribution >= 4 is 0 Å². The van der Waals surface area contributed by atoms with Gasteiger partial charge in [-0.3, -0.25) is 0 Å². The summed E-state index contributed by atoms with van der Waals surface area (Å²) in [6.07, 6.45) is -9.39. The maximum absolute atomic E-state index is 13.3. The Hall–Kier alpha value is -1.47. The minimum Gasteiger partial charge on any atom is -0.199 e. The van der Waals surface area contributed by atoms with E-state index < -0.39 is 65.9 Å². The standard InChI is InChI=1S/C12H4F21/c1-2-3(13,14)4(15,16)5(17,18)6(19,20)7(21,22)8(23,24)9(25,26)10(27,28)11(29,30)12(31,32)33/h2H,1H3. The van der Waals surface area contributed by atoms with Gasteiger partial charge in [0.1, 0.15) is 0 Å². The molecule has 0 saturated heterocycles. The Labute approximate surface area is 166 Å². The third-order valence-electron chi connectivity index (χ3n) is 3.90. The Morgan fingerprint density at radius 3 is 0.667 bits per heavy atom. The van der Waals surface area contributed by atoms with Gasteiger partial charge in [0, 0.05) is 6.42 Å². The van der Waals surface area contributed by atoms with Crippen LogP contribution in [-0.2, 0) is 0 Å². The monoisotopic (exact) mass is 547 g/mol. The molecule has 0 aromatic carbocycles. The van der Waals surface area contributed by atoms with Crippen LogP contribution in [0.4, 0.5) is 92.2 Å². The number of rotatable bonds is 9. The van der Waals surface area contributed by atoms with Crippen LogP contribution in [-0.4, -0.2) is 59.5 Å². The van der Waals surface area contributed by atoms with Crippen molar-refractivity contribution in [2.45, 2.75) is 66.4 Å². The van der Waals surface area contributed by atoms with Gasteiger partial charge in [-0.25, -0.2) is 0 Å². The van der Waals surface area contributed by atoms with E-state index in [9.17, 15) is 92.2 Å². The molecule has 0 unspecified atom stereocenters. The fourth-order valence-corrected chi connectivity index (χ4v) is 1.75. The zero-order chi connectivity index (χ0) is 27.7. The first-order valence-electron chi connectivity index (χ1n) is 7.08. The van der Waals surface area contributed by atoms with E-state index in [1.807, 2.05) is 0 Å². The third kappa shape index (κ3) is 3.65. The van der Waals surface area contributed by atoms with E-state index in [-0.39, 0.29) is 6.92 Å². The lowest BCUT2D eigenvalue weighted by Gasteiger charge is -2.44. The Morgan fingerprint density at radius 2 is 0.485 bits per heavy atom. The normalized spacial score (nSPS) is 16.9. The number of halogens is 21. The van der Waals surface area contributed by atoms with Crippen LogP contribution in [0, 0.1) is 6.42 Å². The maximum atomic E-state index is 13.3. The highest BCUT2D eigenvalue weighted by atomic mass is 19.4. The summed E-state index contributed by atoms with van der Waals surface area (Å²) in [4.78, 5) is 0. The maximum Gasteiger partial charge on any atom is 0.460 e. The molecule has 33 heavy (non-hydrogen) atoms. The molecule has 0 aromatic rings. The molecule has 0 rings (SSSR count). The first kappa shape index (κ1) is 31.5. The average Bonchev–Trinajstić information content (AvgIpc) is 2.59. The van der Waals surface area contributed by atoms with Crippen molar-refractivity contribution in [2.24, 2.45) is 0 Å². The Morgan fingerprint density at radius 1 is 0.303 bits per heavy atom. The molecule has 0 nitrogen and oxygen atoms in total. The van der Waals surface area contributed by atoms with Gasteiger partial charge < -0.3 is 0 Å². The zero-order valence-corrected chi connectivity index (χ0v) is 14.5. The van der Waals surface area contributed by atoms with Crippen molar-refractivity contribution in [1.82, 2.24) is 0 Å². The predicted molar refractivity (Wildman–Crippen MR) is 60.6 cm³/mol. The van der Waals surface area contributed by atoms with Crippen molar-refractivity contribution in [3.05, 3.63) is 6.42 Å². The number of alkyl halides is 21. The lowest BCUT2D eigenvalue weighted by Crippen LogP contribution is -2.76. The summed E-state index contributed by atoms with van der Waals surface area (Å²) in [6, 6.07) is 0. The predicted octanol–water partition coefficient (Wildman–Crippen LogP) is 7.49. The van der Waals surface area contributed by atoms with Gasteiger partial charge in [0.25, 0.3) is 0 Å². The molecular formula is C12H4F21. The van der Waals surface area contributed by atoms with Crippen LogP contribution >= 0.6 is 0 Å². The average molecular weight is 547 g/mol. The Bertz CT molecular complexity index is 709. The second-order valence-electron chi connectivity index (χ2n) is 6.00. The second kappa shape index (κ2) is 7.51. The molecule has 0 aliphatic heterocycles. The Kier molecular flexibility index (Phi) is 7.18. The molecule has 21 heteroatoms. The molecule has 0 atom stereocenters. The Balaban J connectivity index is 7.03. The lowest BCUT2D eigenvalue weighted by molar-refractivity contribution is -0.473. The zero-order valence-electron chi connectivity index (χ0n) is 14.5. The van der Waals surface area contributed by atoms with Gasteiger partial charge in [0.05, 0.1) is 0 Å². The summed E-state index contributed by atoms with van der Waals surface area (Å²) in [6.45, 7) is -0.317. The highest BCUT2D eigenvalue weighted by Gasteiger charge is 2.97. The van der Waals surface area contributed by atoms with Crippen molar-refractivity contribution in [2.75, 3.05) is 0 Å². The third-order valence-corrected chi connectivity index (χ3v) is 3.90. The van der Waals surface area contributed by atoms with Crippen LogP contribution in [0.25, 0.3) is 0 Å². The van der Waals surface area contributed by atoms with Crippen LogP contribution in [0.2, 0.25) is 0 Å². The highest BCUT2D eigenvalue weighted by molar-refractivity contribution is 5.18. The SMILES string of the molecule is C[CH]C(F)(F)C(F)(F)C(F)(F)C(F)(F)C(F)(F)C(F)(F)C(F)(F)C(F)(F)C(F)(F)C(F)(F)F. The van der Waals surface area contributed by atoms with Crippen molar-refractivity contribution in [3.63, 3.8) is 0 Å². The van der Waals surface area contributed by atoms with Crippen LogP contribution < -0.4 is 0 Å². The van der Waals surface area contributed by atoms with E-state index in [4.69, 9.17) is 0 Å². The van der Waals surface area contributed by atoms with Crippen LogP contribution in [0.3, 0.4) is 0 Å². The van der Waals surface area contributed by atoms with Crippen LogP contribution in [0.15, 0.2) is 0 Å². The molecule has 199 valence electrons. The summed E-state index contributed by atoms with van der Waals surface area (Å²) in [7, 11) is 0. The number of hydrogen-bond acceptors (Lipinski definition) is 0. The summed E-state index contributed by atoms with van der Waals surface area (Å²) >= 11 is 0. The summed E-state index contributed by atoms with van der Waals surface area (Å²) in [5.41, 5.74) is 0. The smallest absolute Gasteiger partial charge is 0.199 e. The quantitative estimate of drug-likeness (QED) is 0.263. The molecule has 0 amide bonds. The molecule has 0 heterocycles. The lowest BCUT2D eigenvalue weighted by atomic mass is 9.86. The van der Waals surface area contributed by atoms with Gasteiger partial charge in [-0.05, 0) is 0 Å². The molecule has 0 aliphatic rings. The van der Waals surface area contributed by atoms with E-state index in [1.54, 1.807) is 0 Å². The molecular weight excluding hydrogens is 543 g/mol. The molecule has 0 aliphatic carbocycles. The molecule has 0 aromatic heterocycles. The summed E-state index contributed by atoms with van der Waals surface area (Å²) in [5, 5.41) is 0. The molecule has 0 N–H and O–H groups in total. The van der Waals surface area contributed by atoms with Crippen molar-refractivity contribution < 1.29 is 92.2 Å². The topological polar surface area (TPSA) is 0 Å². The van der Waals surface area contributed by atoms with Gasteiger partial charge in [0.2, 0.25) is 0 Å². The van der Waals surface area contributed by atoms with Crippen molar-refractivity contribution in [1.29, 1.82) is 0 Å². The molecule has 1 radical (unpaired) electrons. The van der Waals surface area contributed by atoms with E-state index >= 15 is 0 Å². The first-order valence-corrected chi connectivity index (χ1v) is 7.08. The van der Waals surface area contributed by atoms with E-state index in [2.05, 4.69) is 0 Å². The van der Waals surface area contributed by atoms with Gasteiger partial charge in [-0.2, -0.15) is 92.2 Å². The van der Waals surface area contributed by atoms with Gasteiger partial charge in [-0.1, -0.05) is 6.92 Å². The van der Waals surface area contributed by atoms with Crippen LogP contribution in [0.1, 0.15) is 6.92 Å². The van der Waals surface area contributed by atoms with Gasteiger partial charge >= 0.3 is 59.5 Å². The highest BCUT2D eigenvalue weighted by Crippen LogP contribution is 2.66. The van der Waals surface area contributed by atoms with Gasteiger partial charge in [-0.15, -0.1) is 0 Å². The van der Waals surface area contributed by atoms with Crippen molar-refractivity contribution in [3.8, 4) is 0 Å². The molecule has 0 spiro atoms. The minimum atomic E-state index is -9.13. The number of hydrogen-bond donors (Lipinski definition) is 0. The minimum absolute atomic E-state index is 0.317. The molecule has 0 bridgehead atoms. The molecule has 0 fully saturated rings.